The molecule has 0 radical (unpaired) electrons. The zero-order chi connectivity index (χ0) is 15.7. The molecule has 2 N–H and O–H groups in total. The average Bonchev–Trinajstić information content (AvgIpc) is 3.34. The standard InChI is InChI=1S/C16H19FN2O3/c17-14-6-5-12(8-13(14)10-3-4-10)18-16(22)19-7-1-2-11(9-19)15(20)21/h5-6,8,10-11H,1-4,7,9H2,(H,18,22)(H,20,21). The molecule has 1 aliphatic heterocycles. The van der Waals surface area contributed by atoms with Gasteiger partial charge < -0.3 is 15.3 Å². The van der Waals surface area contributed by atoms with Gasteiger partial charge in [-0.25, -0.2) is 9.18 Å². The van der Waals surface area contributed by atoms with Gasteiger partial charge in [-0.15, -0.1) is 0 Å². The van der Waals surface area contributed by atoms with Crippen LogP contribution in [-0.4, -0.2) is 35.1 Å². The minimum Gasteiger partial charge on any atom is -0.481 e. The molecule has 0 spiro atoms. The lowest BCUT2D eigenvalue weighted by atomic mass is 9.99. The van der Waals surface area contributed by atoms with Gasteiger partial charge in [-0.3, -0.25) is 4.79 Å². The number of nitrogens with one attached hydrogen (secondary N) is 1. The second-order valence-corrected chi connectivity index (χ2v) is 6.06. The van der Waals surface area contributed by atoms with Crippen LogP contribution in [0.5, 0.6) is 0 Å². The van der Waals surface area contributed by atoms with Gasteiger partial charge in [0.25, 0.3) is 0 Å². The van der Waals surface area contributed by atoms with E-state index in [2.05, 4.69) is 5.32 Å². The number of piperidine rings is 1. The maximum absolute atomic E-state index is 13.7. The van der Waals surface area contributed by atoms with E-state index >= 15 is 0 Å². The van der Waals surface area contributed by atoms with Crippen molar-refractivity contribution in [2.24, 2.45) is 5.92 Å². The van der Waals surface area contributed by atoms with Crippen molar-refractivity contribution in [2.75, 3.05) is 18.4 Å². The zero-order valence-electron chi connectivity index (χ0n) is 12.2. The molecule has 1 saturated carbocycles. The predicted molar refractivity (Wildman–Crippen MR) is 79.3 cm³/mol. The summed E-state index contributed by atoms with van der Waals surface area (Å²) in [5.74, 6) is -1.34. The first kappa shape index (κ1) is 14.8. The molecule has 0 bridgehead atoms. The number of halogens is 1. The summed E-state index contributed by atoms with van der Waals surface area (Å²) in [7, 11) is 0. The number of carbonyl (C=O) groups is 2. The number of carboxylic acids is 1. The van der Waals surface area contributed by atoms with Crippen LogP contribution in [0, 0.1) is 11.7 Å². The van der Waals surface area contributed by atoms with E-state index in [9.17, 15) is 14.0 Å². The molecule has 118 valence electrons. The Labute approximate surface area is 128 Å². The molecule has 2 fully saturated rings. The molecule has 1 aromatic carbocycles. The Morgan fingerprint density at radius 1 is 1.27 bits per heavy atom. The molecular formula is C16H19FN2O3. The third-order valence-corrected chi connectivity index (χ3v) is 4.32. The molecular weight excluding hydrogens is 287 g/mol. The average molecular weight is 306 g/mol. The fourth-order valence-electron chi connectivity index (χ4n) is 2.89. The highest BCUT2D eigenvalue weighted by molar-refractivity contribution is 5.90. The fraction of sp³-hybridized carbons (Fsp3) is 0.500. The molecule has 1 atom stereocenters. The van der Waals surface area contributed by atoms with Crippen molar-refractivity contribution in [3.63, 3.8) is 0 Å². The Balaban J connectivity index is 1.66. The van der Waals surface area contributed by atoms with Crippen molar-refractivity contribution in [2.45, 2.75) is 31.6 Å². The zero-order valence-corrected chi connectivity index (χ0v) is 12.2. The van der Waals surface area contributed by atoms with Crippen molar-refractivity contribution < 1.29 is 19.1 Å². The number of carboxylic acid groups (broad SMARTS) is 1. The predicted octanol–water partition coefficient (Wildman–Crippen LogP) is 3.03. The van der Waals surface area contributed by atoms with Crippen LogP contribution in [-0.2, 0) is 4.79 Å². The van der Waals surface area contributed by atoms with Crippen molar-refractivity contribution >= 4 is 17.7 Å². The summed E-state index contributed by atoms with van der Waals surface area (Å²) in [6.45, 7) is 0.768. The van der Waals surface area contributed by atoms with E-state index in [0.717, 1.165) is 12.8 Å². The lowest BCUT2D eigenvalue weighted by Gasteiger charge is -2.30. The van der Waals surface area contributed by atoms with E-state index in [4.69, 9.17) is 5.11 Å². The van der Waals surface area contributed by atoms with Gasteiger partial charge in [0.1, 0.15) is 5.82 Å². The summed E-state index contributed by atoms with van der Waals surface area (Å²) in [5.41, 5.74) is 1.21. The second kappa shape index (κ2) is 5.94. The molecule has 22 heavy (non-hydrogen) atoms. The Hall–Kier alpha value is -2.11. The van der Waals surface area contributed by atoms with Gasteiger partial charge >= 0.3 is 12.0 Å². The number of nitrogens with zero attached hydrogens (tertiary/aromatic N) is 1. The van der Waals surface area contributed by atoms with Gasteiger partial charge in [-0.1, -0.05) is 0 Å². The van der Waals surface area contributed by atoms with Crippen LogP contribution in [0.3, 0.4) is 0 Å². The minimum absolute atomic E-state index is 0.220. The number of likely N-dealkylation sites (tertiary alicyclic amines) is 1. The minimum atomic E-state index is -0.865. The maximum atomic E-state index is 13.7. The number of hydrogen-bond donors (Lipinski definition) is 2. The van der Waals surface area contributed by atoms with Gasteiger partial charge in [0.05, 0.1) is 5.92 Å². The van der Waals surface area contributed by atoms with Gasteiger partial charge in [0.2, 0.25) is 0 Å². The molecule has 0 aromatic heterocycles. The summed E-state index contributed by atoms with van der Waals surface area (Å²) in [4.78, 5) is 24.8. The SMILES string of the molecule is O=C(O)C1CCCN(C(=O)Nc2ccc(F)c(C3CC3)c2)C1. The molecule has 3 rings (SSSR count). The molecule has 1 unspecified atom stereocenters. The van der Waals surface area contributed by atoms with Crippen molar-refractivity contribution in [3.8, 4) is 0 Å². The summed E-state index contributed by atoms with van der Waals surface area (Å²) in [6, 6.07) is 4.28. The molecule has 1 heterocycles. The van der Waals surface area contributed by atoms with E-state index in [1.807, 2.05) is 0 Å². The van der Waals surface area contributed by atoms with E-state index in [1.165, 1.54) is 17.0 Å². The van der Waals surface area contributed by atoms with Crippen LogP contribution in [0.15, 0.2) is 18.2 Å². The van der Waals surface area contributed by atoms with Crippen molar-refractivity contribution in [3.05, 3.63) is 29.6 Å². The number of anilines is 1. The lowest BCUT2D eigenvalue weighted by Crippen LogP contribution is -2.44. The third kappa shape index (κ3) is 3.21. The third-order valence-electron chi connectivity index (χ3n) is 4.32. The summed E-state index contributed by atoms with van der Waals surface area (Å²) < 4.78 is 13.7. The topological polar surface area (TPSA) is 69.6 Å². The Bertz CT molecular complexity index is 601. The molecule has 6 heteroatoms. The molecule has 1 saturated heterocycles. The smallest absolute Gasteiger partial charge is 0.321 e. The first-order chi connectivity index (χ1) is 10.5. The number of carbonyl (C=O) groups excluding carboxylic acids is 1. The Kier molecular flexibility index (Phi) is 4.00. The molecule has 2 amide bonds. The van der Waals surface area contributed by atoms with Crippen LogP contribution in [0.25, 0.3) is 0 Å². The van der Waals surface area contributed by atoms with Gasteiger partial charge in [0.15, 0.2) is 0 Å². The van der Waals surface area contributed by atoms with Crippen molar-refractivity contribution in [1.29, 1.82) is 0 Å². The largest absolute Gasteiger partial charge is 0.481 e. The van der Waals surface area contributed by atoms with Crippen LogP contribution in [0.4, 0.5) is 14.9 Å². The number of hydrogen-bond acceptors (Lipinski definition) is 2. The van der Waals surface area contributed by atoms with Crippen LogP contribution in [0.1, 0.15) is 37.2 Å². The Morgan fingerprint density at radius 3 is 2.73 bits per heavy atom. The monoisotopic (exact) mass is 306 g/mol. The molecule has 2 aliphatic rings. The first-order valence-electron chi connectivity index (χ1n) is 7.63. The van der Waals surface area contributed by atoms with E-state index < -0.39 is 11.9 Å². The molecule has 1 aromatic rings. The normalized spacial score (nSPS) is 21.5. The maximum Gasteiger partial charge on any atom is 0.321 e. The van der Waals surface area contributed by atoms with Gasteiger partial charge in [0, 0.05) is 18.8 Å². The number of amides is 2. The highest BCUT2D eigenvalue weighted by atomic mass is 19.1. The van der Waals surface area contributed by atoms with E-state index in [-0.39, 0.29) is 24.3 Å². The Morgan fingerprint density at radius 2 is 2.05 bits per heavy atom. The van der Waals surface area contributed by atoms with Crippen LogP contribution >= 0.6 is 0 Å². The first-order valence-corrected chi connectivity index (χ1v) is 7.63. The van der Waals surface area contributed by atoms with Gasteiger partial charge in [-0.2, -0.15) is 0 Å². The van der Waals surface area contributed by atoms with E-state index in [0.29, 0.717) is 30.6 Å². The lowest BCUT2D eigenvalue weighted by molar-refractivity contribution is -0.143. The van der Waals surface area contributed by atoms with Crippen LogP contribution in [0.2, 0.25) is 0 Å². The number of benzene rings is 1. The van der Waals surface area contributed by atoms with Gasteiger partial charge in [-0.05, 0) is 55.4 Å². The fourth-order valence-corrected chi connectivity index (χ4v) is 2.89. The van der Waals surface area contributed by atoms with E-state index in [1.54, 1.807) is 6.07 Å². The summed E-state index contributed by atoms with van der Waals surface area (Å²) >= 11 is 0. The summed E-state index contributed by atoms with van der Waals surface area (Å²) in [6.07, 6.45) is 3.25. The highest BCUT2D eigenvalue weighted by Gasteiger charge is 2.29. The van der Waals surface area contributed by atoms with Crippen molar-refractivity contribution in [1.82, 2.24) is 4.90 Å². The number of aliphatic carboxylic acids is 1. The molecule has 5 nitrogen and oxygen atoms in total. The molecule has 1 aliphatic carbocycles. The second-order valence-electron chi connectivity index (χ2n) is 6.06. The summed E-state index contributed by atoms with van der Waals surface area (Å²) in [5, 5.41) is 11.8. The highest BCUT2D eigenvalue weighted by Crippen LogP contribution is 2.42. The number of rotatable bonds is 3. The van der Waals surface area contributed by atoms with Crippen LogP contribution < -0.4 is 5.32 Å². The number of urea groups is 1. The quantitative estimate of drug-likeness (QED) is 0.902.